The summed E-state index contributed by atoms with van der Waals surface area (Å²) in [7, 11) is 0. The summed E-state index contributed by atoms with van der Waals surface area (Å²) < 4.78 is 13.5. The lowest BCUT2D eigenvalue weighted by Gasteiger charge is -2.11. The van der Waals surface area contributed by atoms with Crippen LogP contribution in [0.2, 0.25) is 5.02 Å². The van der Waals surface area contributed by atoms with Crippen molar-refractivity contribution in [3.05, 3.63) is 94.3 Å². The number of amides is 2. The summed E-state index contributed by atoms with van der Waals surface area (Å²) in [4.78, 5) is 25.4. The van der Waals surface area contributed by atoms with E-state index in [0.717, 1.165) is 12.8 Å². The highest BCUT2D eigenvalue weighted by Gasteiger charge is 2.26. The van der Waals surface area contributed by atoms with Crippen molar-refractivity contribution in [2.24, 2.45) is 0 Å². The van der Waals surface area contributed by atoms with Gasteiger partial charge in [0.05, 0.1) is 16.4 Å². The maximum Gasteiger partial charge on any atom is 0.255 e. The Morgan fingerprint density at radius 2 is 1.75 bits per heavy atom. The predicted molar refractivity (Wildman–Crippen MR) is 126 cm³/mol. The minimum Gasteiger partial charge on any atom is -0.397 e. The largest absolute Gasteiger partial charge is 0.397 e. The van der Waals surface area contributed by atoms with Crippen molar-refractivity contribution in [1.29, 1.82) is 0 Å². The van der Waals surface area contributed by atoms with Crippen LogP contribution >= 0.6 is 11.6 Å². The first-order chi connectivity index (χ1) is 15.4. The second-order valence-corrected chi connectivity index (χ2v) is 8.00. The fraction of sp³-hybridized carbons (Fsp3) is 0.120. The van der Waals surface area contributed by atoms with Crippen LogP contribution in [0.1, 0.15) is 34.3 Å². The van der Waals surface area contributed by atoms with E-state index in [4.69, 9.17) is 17.3 Å². The highest BCUT2D eigenvalue weighted by atomic mass is 35.5. The van der Waals surface area contributed by atoms with Crippen LogP contribution in [0.4, 0.5) is 15.8 Å². The average Bonchev–Trinajstić information content (AvgIpc) is 3.58. The molecule has 4 N–H and O–H groups in total. The number of rotatable bonds is 6. The molecule has 0 heterocycles. The number of anilines is 2. The maximum atomic E-state index is 13.5. The molecule has 0 spiro atoms. The fourth-order valence-electron chi connectivity index (χ4n) is 3.17. The summed E-state index contributed by atoms with van der Waals surface area (Å²) in [6.07, 6.45) is 3.55. The Kier molecular flexibility index (Phi) is 6.23. The molecule has 0 bridgehead atoms. The smallest absolute Gasteiger partial charge is 0.255 e. The van der Waals surface area contributed by atoms with Gasteiger partial charge in [0.2, 0.25) is 0 Å². The highest BCUT2D eigenvalue weighted by Crippen LogP contribution is 2.29. The Bertz CT molecular complexity index is 1200. The Hall–Kier alpha value is -3.64. The zero-order chi connectivity index (χ0) is 22.7. The van der Waals surface area contributed by atoms with Gasteiger partial charge < -0.3 is 16.4 Å². The van der Waals surface area contributed by atoms with E-state index in [1.807, 2.05) is 0 Å². The first-order valence-electron chi connectivity index (χ1n) is 10.1. The highest BCUT2D eigenvalue weighted by molar-refractivity contribution is 6.36. The minimum atomic E-state index is -0.477. The summed E-state index contributed by atoms with van der Waals surface area (Å²) in [5.74, 6) is -1.05. The van der Waals surface area contributed by atoms with E-state index in [-0.39, 0.29) is 22.9 Å². The first kappa shape index (κ1) is 21.6. The number of nitrogens with two attached hydrogens (primary N) is 1. The van der Waals surface area contributed by atoms with Crippen LogP contribution in [-0.4, -0.2) is 17.9 Å². The topological polar surface area (TPSA) is 84.2 Å². The van der Waals surface area contributed by atoms with Gasteiger partial charge in [-0.3, -0.25) is 9.59 Å². The number of carbonyl (C=O) groups excluding carboxylic acids is 2. The summed E-state index contributed by atoms with van der Waals surface area (Å²) in [6.45, 7) is 0. The van der Waals surface area contributed by atoms with Gasteiger partial charge in [0.25, 0.3) is 11.8 Å². The van der Waals surface area contributed by atoms with Crippen LogP contribution in [-0.2, 0) is 4.79 Å². The number of hydrogen-bond acceptors (Lipinski definition) is 3. The van der Waals surface area contributed by atoms with Gasteiger partial charge >= 0.3 is 0 Å². The summed E-state index contributed by atoms with van der Waals surface area (Å²) in [5, 5.41) is 5.87. The summed E-state index contributed by atoms with van der Waals surface area (Å²) in [5.41, 5.74) is 8.79. The van der Waals surface area contributed by atoms with Gasteiger partial charge in [-0.25, -0.2) is 4.39 Å². The lowest BCUT2D eigenvalue weighted by molar-refractivity contribution is -0.115. The van der Waals surface area contributed by atoms with E-state index in [1.54, 1.807) is 54.6 Å². The third kappa shape index (κ3) is 5.15. The predicted octanol–water partition coefficient (Wildman–Crippen LogP) is 5.13. The second-order valence-electron chi connectivity index (χ2n) is 7.59. The molecule has 0 saturated heterocycles. The van der Waals surface area contributed by atoms with E-state index in [9.17, 15) is 14.0 Å². The quantitative estimate of drug-likeness (QED) is 0.277. The molecule has 3 aromatic carbocycles. The van der Waals surface area contributed by atoms with Crippen LogP contribution in [0.25, 0.3) is 11.6 Å². The van der Waals surface area contributed by atoms with Gasteiger partial charge in [0, 0.05) is 22.7 Å². The van der Waals surface area contributed by atoms with Gasteiger partial charge in [-0.05, 0) is 66.9 Å². The molecule has 1 aliphatic rings. The van der Waals surface area contributed by atoms with E-state index in [1.165, 1.54) is 18.2 Å². The average molecular weight is 450 g/mol. The minimum absolute atomic E-state index is 0.152. The Morgan fingerprint density at radius 1 is 1.03 bits per heavy atom. The van der Waals surface area contributed by atoms with Gasteiger partial charge in [-0.1, -0.05) is 35.9 Å². The van der Waals surface area contributed by atoms with Crippen molar-refractivity contribution < 1.29 is 14.0 Å². The van der Waals surface area contributed by atoms with Gasteiger partial charge in [0.1, 0.15) is 5.82 Å². The Labute approximate surface area is 190 Å². The van der Waals surface area contributed by atoms with Crippen molar-refractivity contribution in [2.45, 2.75) is 18.9 Å². The molecule has 32 heavy (non-hydrogen) atoms. The number of nitrogens with one attached hydrogen (secondary N) is 2. The zero-order valence-corrected chi connectivity index (χ0v) is 17.8. The van der Waals surface area contributed by atoms with Crippen LogP contribution in [0, 0.1) is 5.82 Å². The molecule has 1 fully saturated rings. The van der Waals surface area contributed by atoms with E-state index in [0.29, 0.717) is 33.6 Å². The zero-order valence-electron chi connectivity index (χ0n) is 17.1. The maximum absolute atomic E-state index is 13.5. The number of benzene rings is 3. The van der Waals surface area contributed by atoms with Crippen molar-refractivity contribution >= 4 is 46.4 Å². The Balaban J connectivity index is 1.59. The molecule has 162 valence electrons. The summed E-state index contributed by atoms with van der Waals surface area (Å²) in [6, 6.07) is 17.9. The molecule has 4 rings (SSSR count). The number of halogens is 2. The van der Waals surface area contributed by atoms with Crippen molar-refractivity contribution in [2.75, 3.05) is 11.1 Å². The molecule has 1 aliphatic carbocycles. The van der Waals surface area contributed by atoms with Crippen molar-refractivity contribution in [1.82, 2.24) is 5.32 Å². The molecule has 3 aromatic rings. The van der Waals surface area contributed by atoms with E-state index >= 15 is 0 Å². The lowest BCUT2D eigenvalue weighted by atomic mass is 10.0. The summed E-state index contributed by atoms with van der Waals surface area (Å²) >= 11 is 6.22. The van der Waals surface area contributed by atoms with E-state index < -0.39 is 5.82 Å². The number of para-hydroxylation sites is 2. The molecule has 5 nitrogen and oxygen atoms in total. The number of nitrogen functional groups attached to an aromatic ring is 1. The molecule has 0 aromatic heterocycles. The molecule has 1 saturated carbocycles. The standard InChI is InChI=1S/C25H21ClFN3O2/c26-21-14-17(27)9-12-19(21)20(25(32)29-18-10-11-18)13-15-5-7-16(8-6-15)24(31)30-23-4-2-1-3-22(23)28/h1-9,12-14,18H,10-11,28H2,(H,29,32)(H,30,31)/b20-13-. The van der Waals surface area contributed by atoms with Gasteiger partial charge in [0.15, 0.2) is 0 Å². The van der Waals surface area contributed by atoms with Crippen molar-refractivity contribution in [3.8, 4) is 0 Å². The first-order valence-corrected chi connectivity index (χ1v) is 10.5. The normalized spacial score (nSPS) is 13.5. The number of carbonyl (C=O) groups is 2. The van der Waals surface area contributed by atoms with E-state index in [2.05, 4.69) is 10.6 Å². The van der Waals surface area contributed by atoms with Crippen LogP contribution in [0.5, 0.6) is 0 Å². The number of hydrogen-bond donors (Lipinski definition) is 3. The van der Waals surface area contributed by atoms with Crippen LogP contribution in [0.3, 0.4) is 0 Å². The van der Waals surface area contributed by atoms with Crippen molar-refractivity contribution in [3.63, 3.8) is 0 Å². The molecule has 0 unspecified atom stereocenters. The van der Waals surface area contributed by atoms with Gasteiger partial charge in [-0.15, -0.1) is 0 Å². The molecular formula is C25H21ClFN3O2. The Morgan fingerprint density at radius 3 is 2.41 bits per heavy atom. The molecular weight excluding hydrogens is 429 g/mol. The molecule has 0 atom stereocenters. The molecule has 2 amide bonds. The second kappa shape index (κ2) is 9.24. The third-order valence-corrected chi connectivity index (χ3v) is 5.38. The third-order valence-electron chi connectivity index (χ3n) is 5.07. The SMILES string of the molecule is Nc1ccccc1NC(=O)c1ccc(/C=C(\C(=O)NC2CC2)c2ccc(F)cc2Cl)cc1. The van der Waals surface area contributed by atoms with Crippen LogP contribution < -0.4 is 16.4 Å². The molecule has 0 aliphatic heterocycles. The molecule has 0 radical (unpaired) electrons. The monoisotopic (exact) mass is 449 g/mol. The molecule has 7 heteroatoms. The van der Waals surface area contributed by atoms with Gasteiger partial charge in [-0.2, -0.15) is 0 Å². The van der Waals surface area contributed by atoms with Crippen LogP contribution in [0.15, 0.2) is 66.7 Å². The lowest BCUT2D eigenvalue weighted by Crippen LogP contribution is -2.26. The fourth-order valence-corrected chi connectivity index (χ4v) is 3.44.